The molecule has 4 rings (SSSR count). The average Bonchev–Trinajstić information content (AvgIpc) is 3.15. The van der Waals surface area contributed by atoms with Crippen molar-refractivity contribution in [3.8, 4) is 6.07 Å². The summed E-state index contributed by atoms with van der Waals surface area (Å²) in [6, 6.07) is 14.8. The van der Waals surface area contributed by atoms with E-state index < -0.39 is 24.3 Å². The Morgan fingerprint density at radius 2 is 1.83 bits per heavy atom. The van der Waals surface area contributed by atoms with Gasteiger partial charge in [0.05, 0.1) is 22.9 Å². The summed E-state index contributed by atoms with van der Waals surface area (Å²) in [6.45, 7) is 0.270. The molecule has 2 aliphatic rings. The standard InChI is InChI=1S/C26H25F3N4O3/c1-25-13-12-23(35)33(25)21-6-3-2-5-20(21)24(36)32(25)14-4-7-22(34)31(17-26(27,28)29)16-19-10-8-18(15-30)9-11-19/h2-3,5-6,8-11H,4,7,12-14,16-17H2,1H3. The second-order valence-electron chi connectivity index (χ2n) is 9.20. The van der Waals surface area contributed by atoms with E-state index in [-0.39, 0.29) is 44.2 Å². The minimum absolute atomic E-state index is 0.0997. The molecule has 0 aromatic heterocycles. The molecule has 1 atom stereocenters. The van der Waals surface area contributed by atoms with E-state index in [1.807, 2.05) is 6.07 Å². The van der Waals surface area contributed by atoms with Crippen LogP contribution in [0.15, 0.2) is 48.5 Å². The maximum absolute atomic E-state index is 13.3. The summed E-state index contributed by atoms with van der Waals surface area (Å²) in [5, 5.41) is 8.91. The number of anilines is 1. The van der Waals surface area contributed by atoms with Gasteiger partial charge in [-0.05, 0) is 49.6 Å². The van der Waals surface area contributed by atoms with Gasteiger partial charge in [-0.15, -0.1) is 0 Å². The van der Waals surface area contributed by atoms with E-state index in [1.165, 1.54) is 24.3 Å². The molecule has 3 amide bonds. The molecule has 1 unspecified atom stereocenters. The second kappa shape index (κ2) is 9.64. The van der Waals surface area contributed by atoms with Crippen LogP contribution in [-0.2, 0) is 16.1 Å². The van der Waals surface area contributed by atoms with Gasteiger partial charge < -0.3 is 9.80 Å². The predicted octanol–water partition coefficient (Wildman–Crippen LogP) is 4.23. The first-order valence-corrected chi connectivity index (χ1v) is 11.6. The summed E-state index contributed by atoms with van der Waals surface area (Å²) in [5.41, 5.74) is 0.893. The maximum atomic E-state index is 13.3. The normalized spacial score (nSPS) is 19.1. The first-order chi connectivity index (χ1) is 17.0. The summed E-state index contributed by atoms with van der Waals surface area (Å²) in [4.78, 5) is 42.7. The number of para-hydroxylation sites is 1. The monoisotopic (exact) mass is 498 g/mol. The van der Waals surface area contributed by atoms with E-state index in [1.54, 1.807) is 41.0 Å². The van der Waals surface area contributed by atoms with Crippen LogP contribution in [0.4, 0.5) is 18.9 Å². The highest BCUT2D eigenvalue weighted by Gasteiger charge is 2.52. The van der Waals surface area contributed by atoms with E-state index in [0.29, 0.717) is 28.8 Å². The molecule has 10 heteroatoms. The zero-order valence-electron chi connectivity index (χ0n) is 19.7. The van der Waals surface area contributed by atoms with Crippen molar-refractivity contribution < 1.29 is 27.6 Å². The molecule has 0 N–H and O–H groups in total. The quantitative estimate of drug-likeness (QED) is 0.572. The van der Waals surface area contributed by atoms with Crippen molar-refractivity contribution in [2.24, 2.45) is 0 Å². The lowest BCUT2D eigenvalue weighted by atomic mass is 9.98. The Morgan fingerprint density at radius 3 is 2.50 bits per heavy atom. The van der Waals surface area contributed by atoms with Gasteiger partial charge in [-0.3, -0.25) is 19.3 Å². The minimum Gasteiger partial charge on any atom is -0.329 e. The number of carbonyl (C=O) groups excluding carboxylic acids is 3. The highest BCUT2D eigenvalue weighted by Crippen LogP contribution is 2.44. The molecule has 188 valence electrons. The number of rotatable bonds is 7. The number of hydrogen-bond acceptors (Lipinski definition) is 4. The summed E-state index contributed by atoms with van der Waals surface area (Å²) in [7, 11) is 0. The Hall–Kier alpha value is -3.87. The third-order valence-corrected chi connectivity index (χ3v) is 6.70. The van der Waals surface area contributed by atoms with Crippen molar-refractivity contribution in [1.29, 1.82) is 5.26 Å². The van der Waals surface area contributed by atoms with Crippen molar-refractivity contribution in [3.05, 3.63) is 65.2 Å². The third kappa shape index (κ3) is 4.91. The third-order valence-electron chi connectivity index (χ3n) is 6.70. The molecule has 1 fully saturated rings. The summed E-state index contributed by atoms with van der Waals surface area (Å²) < 4.78 is 39.6. The van der Waals surface area contributed by atoms with Crippen LogP contribution < -0.4 is 4.90 Å². The lowest BCUT2D eigenvalue weighted by Gasteiger charge is -2.48. The summed E-state index contributed by atoms with van der Waals surface area (Å²) >= 11 is 0. The van der Waals surface area contributed by atoms with Crippen molar-refractivity contribution in [1.82, 2.24) is 9.80 Å². The van der Waals surface area contributed by atoms with Crippen LogP contribution in [0.5, 0.6) is 0 Å². The molecule has 2 aliphatic heterocycles. The number of fused-ring (bicyclic) bond motifs is 3. The molecule has 0 aliphatic carbocycles. The predicted molar refractivity (Wildman–Crippen MR) is 124 cm³/mol. The van der Waals surface area contributed by atoms with Gasteiger partial charge in [0.1, 0.15) is 12.2 Å². The molecule has 0 saturated carbocycles. The number of amides is 3. The van der Waals surface area contributed by atoms with Gasteiger partial charge in [-0.25, -0.2) is 0 Å². The second-order valence-corrected chi connectivity index (χ2v) is 9.20. The van der Waals surface area contributed by atoms with Gasteiger partial charge in [0.2, 0.25) is 11.8 Å². The van der Waals surface area contributed by atoms with Crippen LogP contribution in [0, 0.1) is 11.3 Å². The molecule has 1 saturated heterocycles. The van der Waals surface area contributed by atoms with Crippen LogP contribution in [0.2, 0.25) is 0 Å². The number of nitriles is 1. The Balaban J connectivity index is 1.47. The van der Waals surface area contributed by atoms with Crippen molar-refractivity contribution in [3.63, 3.8) is 0 Å². The van der Waals surface area contributed by atoms with Crippen molar-refractivity contribution >= 4 is 23.4 Å². The van der Waals surface area contributed by atoms with Crippen LogP contribution in [-0.4, -0.2) is 52.5 Å². The number of benzene rings is 2. The first-order valence-electron chi connectivity index (χ1n) is 11.6. The smallest absolute Gasteiger partial charge is 0.329 e. The zero-order chi connectivity index (χ0) is 26.1. The number of alkyl halides is 3. The SMILES string of the molecule is CC12CCC(=O)N1c1ccccc1C(=O)N2CCCC(=O)N(Cc1ccc(C#N)cc1)CC(F)(F)F. The fourth-order valence-electron chi connectivity index (χ4n) is 4.94. The topological polar surface area (TPSA) is 84.7 Å². The minimum atomic E-state index is -4.58. The van der Waals surface area contributed by atoms with E-state index in [9.17, 15) is 27.6 Å². The molecule has 7 nitrogen and oxygen atoms in total. The fraction of sp³-hybridized carbons (Fsp3) is 0.385. The lowest BCUT2D eigenvalue weighted by molar-refractivity contribution is -0.162. The number of carbonyl (C=O) groups is 3. The molecule has 0 radical (unpaired) electrons. The van der Waals surface area contributed by atoms with Crippen molar-refractivity contribution in [2.75, 3.05) is 18.0 Å². The molecular weight excluding hydrogens is 473 g/mol. The van der Waals surface area contributed by atoms with Crippen molar-refractivity contribution in [2.45, 2.75) is 51.0 Å². The molecular formula is C26H25F3N4O3. The van der Waals surface area contributed by atoms with Crippen LogP contribution in [0.25, 0.3) is 0 Å². The number of nitrogens with zero attached hydrogens (tertiary/aromatic N) is 4. The molecule has 2 aromatic carbocycles. The number of hydrogen-bond donors (Lipinski definition) is 0. The van der Waals surface area contributed by atoms with E-state index >= 15 is 0 Å². The average molecular weight is 499 g/mol. The van der Waals surface area contributed by atoms with Gasteiger partial charge >= 0.3 is 6.18 Å². The van der Waals surface area contributed by atoms with Crippen LogP contribution in [0.3, 0.4) is 0 Å². The van der Waals surface area contributed by atoms with E-state index in [2.05, 4.69) is 0 Å². The maximum Gasteiger partial charge on any atom is 0.406 e. The Morgan fingerprint density at radius 1 is 1.14 bits per heavy atom. The molecule has 0 bridgehead atoms. The van der Waals surface area contributed by atoms with Crippen LogP contribution in [0.1, 0.15) is 54.1 Å². The molecule has 36 heavy (non-hydrogen) atoms. The van der Waals surface area contributed by atoms with Gasteiger partial charge in [0.15, 0.2) is 0 Å². The van der Waals surface area contributed by atoms with Gasteiger partial charge in [0, 0.05) is 25.9 Å². The first kappa shape index (κ1) is 25.2. The van der Waals surface area contributed by atoms with Crippen LogP contribution >= 0.6 is 0 Å². The zero-order valence-corrected chi connectivity index (χ0v) is 19.7. The Labute approximate surface area is 206 Å². The molecule has 2 heterocycles. The number of halogens is 3. The van der Waals surface area contributed by atoms with Gasteiger partial charge in [0.25, 0.3) is 5.91 Å². The highest BCUT2D eigenvalue weighted by molar-refractivity contribution is 6.10. The van der Waals surface area contributed by atoms with Gasteiger partial charge in [-0.1, -0.05) is 24.3 Å². The van der Waals surface area contributed by atoms with Gasteiger partial charge in [-0.2, -0.15) is 18.4 Å². The largest absolute Gasteiger partial charge is 0.406 e. The Kier molecular flexibility index (Phi) is 6.76. The fourth-order valence-corrected chi connectivity index (χ4v) is 4.94. The molecule has 0 spiro atoms. The van der Waals surface area contributed by atoms with E-state index in [0.717, 1.165) is 4.90 Å². The lowest BCUT2D eigenvalue weighted by Crippen LogP contribution is -2.62. The molecule has 2 aromatic rings. The summed E-state index contributed by atoms with van der Waals surface area (Å²) in [6.07, 6.45) is -3.92. The highest BCUT2D eigenvalue weighted by atomic mass is 19.4. The summed E-state index contributed by atoms with van der Waals surface area (Å²) in [5.74, 6) is -1.06. The Bertz CT molecular complexity index is 1220. The van der Waals surface area contributed by atoms with E-state index in [4.69, 9.17) is 5.26 Å².